The quantitative estimate of drug-likeness (QED) is 0.171. The van der Waals surface area contributed by atoms with Crippen LogP contribution in [-0.2, 0) is 13.0 Å². The Bertz CT molecular complexity index is 1770. The average Bonchev–Trinajstić information content (AvgIpc) is 3.10. The summed E-state index contributed by atoms with van der Waals surface area (Å²) in [4.78, 5) is 11.1. The van der Waals surface area contributed by atoms with E-state index in [1.165, 1.54) is 11.1 Å². The molecule has 244 valence electrons. The second-order valence-electron chi connectivity index (χ2n) is 10.9. The molecule has 0 atom stereocenters. The molecule has 6 rings (SSSR count). The molecule has 1 aliphatic heterocycles. The van der Waals surface area contributed by atoms with Crippen LogP contribution < -0.4 is 36.1 Å². The Labute approximate surface area is 276 Å². The van der Waals surface area contributed by atoms with E-state index in [9.17, 15) is 0 Å². The first kappa shape index (κ1) is 33.1. The molecular weight excluding hydrogens is 592 g/mol. The second-order valence-corrected chi connectivity index (χ2v) is 10.9. The summed E-state index contributed by atoms with van der Waals surface area (Å²) in [6.07, 6.45) is 1.10. The lowest BCUT2D eigenvalue weighted by atomic mass is 10.0. The molecule has 0 amide bonds. The van der Waals surface area contributed by atoms with Crippen LogP contribution in [0.25, 0.3) is 22.5 Å². The van der Waals surface area contributed by atoms with Crippen molar-refractivity contribution in [3.05, 3.63) is 108 Å². The van der Waals surface area contributed by atoms with Gasteiger partial charge in [-0.25, -0.2) is 9.97 Å². The standard InChI is InChI=1S/C23H25N3O2.C14H17N3O2/c1-27-22-15-19(9-10-20(22)21-7-4-8-23(24)25-21)28-14-13-26-12-11-17-5-2-3-6-18(17)16-26;1-18-13-9-10(19-8-7-15)5-6-11(13)12-3-2-4-14(16)17-12/h2-10,15H,11-14,16H2,1H3,(H2,24,25);2-6,9H,7-8,15H2,1H3,(H2,16,17). The van der Waals surface area contributed by atoms with Crippen LogP contribution in [0.4, 0.5) is 11.6 Å². The fourth-order valence-electron chi connectivity index (χ4n) is 5.36. The first-order valence-electron chi connectivity index (χ1n) is 15.5. The smallest absolute Gasteiger partial charge is 0.131 e. The van der Waals surface area contributed by atoms with Gasteiger partial charge in [0.2, 0.25) is 0 Å². The Kier molecular flexibility index (Phi) is 11.5. The Morgan fingerprint density at radius 2 is 1.21 bits per heavy atom. The normalized spacial score (nSPS) is 12.3. The zero-order chi connectivity index (χ0) is 33.0. The van der Waals surface area contributed by atoms with Crippen LogP contribution in [0.15, 0.2) is 97.1 Å². The number of fused-ring (bicyclic) bond motifs is 1. The number of ether oxygens (including phenoxy) is 4. The summed E-state index contributed by atoms with van der Waals surface area (Å²) >= 11 is 0. The van der Waals surface area contributed by atoms with Crippen LogP contribution in [0.1, 0.15) is 11.1 Å². The number of nitrogens with zero attached hydrogens (tertiary/aromatic N) is 3. The van der Waals surface area contributed by atoms with Gasteiger partial charge in [-0.2, -0.15) is 0 Å². The zero-order valence-corrected chi connectivity index (χ0v) is 26.9. The minimum absolute atomic E-state index is 0.471. The van der Waals surface area contributed by atoms with E-state index < -0.39 is 0 Å². The van der Waals surface area contributed by atoms with Crippen LogP contribution >= 0.6 is 0 Å². The van der Waals surface area contributed by atoms with E-state index in [2.05, 4.69) is 39.1 Å². The van der Waals surface area contributed by atoms with Crippen molar-refractivity contribution in [1.82, 2.24) is 14.9 Å². The third-order valence-corrected chi connectivity index (χ3v) is 7.71. The van der Waals surface area contributed by atoms with Crippen molar-refractivity contribution >= 4 is 11.6 Å². The average molecular weight is 635 g/mol. The number of anilines is 2. The molecule has 2 aromatic heterocycles. The van der Waals surface area contributed by atoms with E-state index >= 15 is 0 Å². The van der Waals surface area contributed by atoms with Crippen molar-refractivity contribution in [2.45, 2.75) is 13.0 Å². The lowest BCUT2D eigenvalue weighted by molar-refractivity contribution is 0.196. The number of benzene rings is 3. The molecule has 0 aliphatic carbocycles. The number of nitrogens with two attached hydrogens (primary N) is 3. The van der Waals surface area contributed by atoms with Gasteiger partial charge in [0.25, 0.3) is 0 Å². The highest BCUT2D eigenvalue weighted by Gasteiger charge is 2.16. The maximum absolute atomic E-state index is 5.99. The van der Waals surface area contributed by atoms with Gasteiger partial charge in [0.05, 0.1) is 25.6 Å². The number of hydrogen-bond donors (Lipinski definition) is 3. The van der Waals surface area contributed by atoms with Gasteiger partial charge in [-0.3, -0.25) is 4.90 Å². The van der Waals surface area contributed by atoms with Crippen LogP contribution in [0, 0.1) is 0 Å². The van der Waals surface area contributed by atoms with Crippen molar-refractivity contribution < 1.29 is 18.9 Å². The Morgan fingerprint density at radius 3 is 1.74 bits per heavy atom. The zero-order valence-electron chi connectivity index (χ0n) is 26.9. The van der Waals surface area contributed by atoms with Gasteiger partial charge < -0.3 is 36.1 Å². The molecule has 10 nitrogen and oxygen atoms in total. The summed E-state index contributed by atoms with van der Waals surface area (Å²) in [6, 6.07) is 31.1. The fourth-order valence-corrected chi connectivity index (χ4v) is 5.36. The summed E-state index contributed by atoms with van der Waals surface area (Å²) in [5.41, 5.74) is 23.1. The summed E-state index contributed by atoms with van der Waals surface area (Å²) < 4.78 is 22.4. The van der Waals surface area contributed by atoms with E-state index in [1.54, 1.807) is 26.4 Å². The van der Waals surface area contributed by atoms with Gasteiger partial charge in [0, 0.05) is 49.4 Å². The van der Waals surface area contributed by atoms with Crippen LogP contribution in [0.3, 0.4) is 0 Å². The predicted octanol–water partition coefficient (Wildman–Crippen LogP) is 5.45. The molecule has 47 heavy (non-hydrogen) atoms. The van der Waals surface area contributed by atoms with E-state index in [0.29, 0.717) is 37.1 Å². The number of hydrogen-bond acceptors (Lipinski definition) is 10. The van der Waals surface area contributed by atoms with E-state index in [1.807, 2.05) is 60.7 Å². The van der Waals surface area contributed by atoms with E-state index in [0.717, 1.165) is 65.8 Å². The number of rotatable bonds is 11. The Morgan fingerprint density at radius 1 is 0.660 bits per heavy atom. The molecule has 0 bridgehead atoms. The topological polar surface area (TPSA) is 144 Å². The second kappa shape index (κ2) is 16.3. The van der Waals surface area contributed by atoms with Crippen molar-refractivity contribution in [3.63, 3.8) is 0 Å². The molecule has 0 spiro atoms. The molecular formula is C37H42N6O4. The van der Waals surface area contributed by atoms with Gasteiger partial charge in [0.1, 0.15) is 47.8 Å². The maximum Gasteiger partial charge on any atom is 0.131 e. The van der Waals surface area contributed by atoms with Gasteiger partial charge >= 0.3 is 0 Å². The molecule has 0 unspecified atom stereocenters. The molecule has 5 aromatic rings. The van der Waals surface area contributed by atoms with Gasteiger partial charge in [0.15, 0.2) is 0 Å². The number of pyridine rings is 2. The molecule has 3 aromatic carbocycles. The van der Waals surface area contributed by atoms with E-state index in [4.69, 9.17) is 36.1 Å². The number of aromatic nitrogens is 2. The Hall–Kier alpha value is -5.32. The highest BCUT2D eigenvalue weighted by atomic mass is 16.5. The summed E-state index contributed by atoms with van der Waals surface area (Å²) in [6.45, 7) is 4.54. The van der Waals surface area contributed by atoms with Crippen LogP contribution in [0.2, 0.25) is 0 Å². The van der Waals surface area contributed by atoms with Gasteiger partial charge in [-0.1, -0.05) is 36.4 Å². The third kappa shape index (κ3) is 8.90. The molecule has 0 saturated carbocycles. The van der Waals surface area contributed by atoms with Crippen LogP contribution in [0.5, 0.6) is 23.0 Å². The molecule has 1 aliphatic rings. The van der Waals surface area contributed by atoms with E-state index in [-0.39, 0.29) is 0 Å². The molecule has 0 saturated heterocycles. The summed E-state index contributed by atoms with van der Waals surface area (Å²) in [5, 5.41) is 0. The van der Waals surface area contributed by atoms with Crippen molar-refractivity contribution in [2.24, 2.45) is 5.73 Å². The minimum atomic E-state index is 0.471. The highest BCUT2D eigenvalue weighted by molar-refractivity contribution is 5.70. The fraction of sp³-hybridized carbons (Fsp3) is 0.243. The Balaban J connectivity index is 0.000000199. The summed E-state index contributed by atoms with van der Waals surface area (Å²) in [7, 11) is 3.26. The largest absolute Gasteiger partial charge is 0.496 e. The van der Waals surface area contributed by atoms with Crippen LogP contribution in [-0.4, -0.2) is 61.9 Å². The lowest BCUT2D eigenvalue weighted by Gasteiger charge is -2.28. The predicted molar refractivity (Wildman–Crippen MR) is 187 cm³/mol. The van der Waals surface area contributed by atoms with Crippen molar-refractivity contribution in [1.29, 1.82) is 0 Å². The minimum Gasteiger partial charge on any atom is -0.496 e. The SMILES string of the molecule is COc1cc(OCCN)ccc1-c1cccc(N)n1.COc1cc(OCCN2CCc3ccccc3C2)ccc1-c1cccc(N)n1. The molecule has 10 heteroatoms. The first-order chi connectivity index (χ1) is 23.0. The molecule has 0 fully saturated rings. The number of nitrogen functional groups attached to an aromatic ring is 2. The monoisotopic (exact) mass is 634 g/mol. The first-order valence-corrected chi connectivity index (χ1v) is 15.5. The van der Waals surface area contributed by atoms with Crippen molar-refractivity contribution in [2.75, 3.05) is 58.5 Å². The molecule has 6 N–H and O–H groups in total. The number of methoxy groups -OCH3 is 2. The molecule has 0 radical (unpaired) electrons. The highest BCUT2D eigenvalue weighted by Crippen LogP contribution is 2.34. The third-order valence-electron chi connectivity index (χ3n) is 7.71. The summed E-state index contributed by atoms with van der Waals surface area (Å²) in [5.74, 6) is 3.89. The molecule has 3 heterocycles. The van der Waals surface area contributed by atoms with Crippen molar-refractivity contribution in [3.8, 4) is 45.5 Å². The maximum atomic E-state index is 5.99. The van der Waals surface area contributed by atoms with Gasteiger partial charge in [-0.05, 0) is 66.1 Å². The van der Waals surface area contributed by atoms with Gasteiger partial charge in [-0.15, -0.1) is 0 Å². The lowest BCUT2D eigenvalue weighted by Crippen LogP contribution is -2.33.